The summed E-state index contributed by atoms with van der Waals surface area (Å²) in [5.41, 5.74) is 13.8. The maximum atomic E-state index is 12.3. The molecule has 0 unspecified atom stereocenters. The van der Waals surface area contributed by atoms with Crippen LogP contribution in [-0.4, -0.2) is 27.6 Å². The van der Waals surface area contributed by atoms with Crippen molar-refractivity contribution in [1.82, 2.24) is 9.78 Å². The summed E-state index contributed by atoms with van der Waals surface area (Å²) in [4.78, 5) is 23.9. The summed E-state index contributed by atoms with van der Waals surface area (Å²) in [6.45, 7) is 0. The first-order chi connectivity index (χ1) is 13.0. The number of nitrogens with zero attached hydrogens (tertiary/aromatic N) is 2. The molecule has 7 heteroatoms. The molecule has 3 aromatic rings. The third-order valence-corrected chi connectivity index (χ3v) is 5.05. The molecule has 1 aromatic heterocycles. The number of hydrogen-bond donors (Lipinski definition) is 3. The molecule has 0 radical (unpaired) electrons. The number of fused-ring (bicyclic) bond motifs is 1. The molecule has 1 fully saturated rings. The molecule has 27 heavy (non-hydrogen) atoms. The zero-order chi connectivity index (χ0) is 19.0. The number of anilines is 1. The molecule has 1 aliphatic carbocycles. The van der Waals surface area contributed by atoms with Crippen molar-refractivity contribution in [1.29, 1.82) is 0 Å². The van der Waals surface area contributed by atoms with Crippen molar-refractivity contribution in [3.63, 3.8) is 0 Å². The molecule has 1 aliphatic rings. The van der Waals surface area contributed by atoms with Gasteiger partial charge in [0.1, 0.15) is 5.52 Å². The number of rotatable bonds is 4. The number of carbonyl (C=O) groups is 2. The van der Waals surface area contributed by atoms with Gasteiger partial charge in [-0.1, -0.05) is 12.1 Å². The van der Waals surface area contributed by atoms with Crippen molar-refractivity contribution in [3.05, 3.63) is 54.2 Å². The van der Waals surface area contributed by atoms with Gasteiger partial charge in [-0.3, -0.25) is 9.59 Å². The lowest BCUT2D eigenvalue weighted by atomic mass is 10.1. The van der Waals surface area contributed by atoms with Crippen LogP contribution in [-0.2, 0) is 4.79 Å². The maximum absolute atomic E-state index is 12.3. The summed E-state index contributed by atoms with van der Waals surface area (Å²) in [5, 5.41) is 8.26. The lowest BCUT2D eigenvalue weighted by Gasteiger charge is -2.11. The van der Waals surface area contributed by atoms with E-state index in [4.69, 9.17) is 11.5 Å². The standard InChI is InChI=1S/C20H21N5O2/c21-14-5-4-12(10-14)20(27)23-15-6-8-16(9-7-15)25-11-13-2-1-3-17(19(22)26)18(13)24-25/h1-3,6-9,11-12,14H,4-5,10,21H2,(H2,22,26)(H,23,27)/t12-,14+/m0/s1. The van der Waals surface area contributed by atoms with Crippen molar-refractivity contribution in [2.45, 2.75) is 25.3 Å². The second kappa shape index (κ2) is 6.85. The number of hydrogen-bond acceptors (Lipinski definition) is 4. The van der Waals surface area contributed by atoms with Crippen LogP contribution in [0.5, 0.6) is 0 Å². The molecule has 7 nitrogen and oxygen atoms in total. The summed E-state index contributed by atoms with van der Waals surface area (Å²) in [5.74, 6) is -0.495. The Morgan fingerprint density at radius 3 is 2.56 bits per heavy atom. The minimum Gasteiger partial charge on any atom is -0.366 e. The molecule has 0 saturated heterocycles. The van der Waals surface area contributed by atoms with Crippen molar-refractivity contribution in [2.24, 2.45) is 17.4 Å². The number of nitrogens with one attached hydrogen (secondary N) is 1. The second-order valence-corrected chi connectivity index (χ2v) is 6.99. The zero-order valence-corrected chi connectivity index (χ0v) is 14.8. The molecule has 1 heterocycles. The van der Waals surface area contributed by atoms with E-state index in [1.165, 1.54) is 0 Å². The highest BCUT2D eigenvalue weighted by molar-refractivity contribution is 6.04. The number of amides is 2. The smallest absolute Gasteiger partial charge is 0.250 e. The largest absolute Gasteiger partial charge is 0.366 e. The van der Waals surface area contributed by atoms with Crippen LogP contribution in [0.3, 0.4) is 0 Å². The second-order valence-electron chi connectivity index (χ2n) is 6.99. The molecular weight excluding hydrogens is 342 g/mol. The van der Waals surface area contributed by atoms with Crippen molar-refractivity contribution < 1.29 is 9.59 Å². The number of nitrogens with two attached hydrogens (primary N) is 2. The first-order valence-corrected chi connectivity index (χ1v) is 8.96. The molecule has 1 saturated carbocycles. The molecule has 2 atom stereocenters. The van der Waals surface area contributed by atoms with Crippen LogP contribution < -0.4 is 16.8 Å². The van der Waals surface area contributed by atoms with E-state index < -0.39 is 5.91 Å². The van der Waals surface area contributed by atoms with E-state index in [0.29, 0.717) is 11.1 Å². The van der Waals surface area contributed by atoms with Crippen LogP contribution in [0.1, 0.15) is 29.6 Å². The predicted molar refractivity (Wildman–Crippen MR) is 104 cm³/mol. The van der Waals surface area contributed by atoms with Crippen LogP contribution in [0.25, 0.3) is 16.6 Å². The molecule has 2 aromatic carbocycles. The van der Waals surface area contributed by atoms with Gasteiger partial charge in [-0.15, -0.1) is 0 Å². The summed E-state index contributed by atoms with van der Waals surface area (Å²) in [6, 6.07) is 12.9. The van der Waals surface area contributed by atoms with E-state index in [0.717, 1.165) is 36.0 Å². The van der Waals surface area contributed by atoms with Gasteiger partial charge in [0.2, 0.25) is 5.91 Å². The predicted octanol–water partition coefficient (Wildman–Crippen LogP) is 2.19. The summed E-state index contributed by atoms with van der Waals surface area (Å²) in [7, 11) is 0. The van der Waals surface area contributed by atoms with Gasteiger partial charge < -0.3 is 16.8 Å². The fraction of sp³-hybridized carbons (Fsp3) is 0.250. The number of benzene rings is 2. The fourth-order valence-electron chi connectivity index (χ4n) is 3.57. The van der Waals surface area contributed by atoms with Gasteiger partial charge in [0.15, 0.2) is 0 Å². The Kier molecular flexibility index (Phi) is 4.37. The molecule has 2 amide bonds. The first-order valence-electron chi connectivity index (χ1n) is 8.96. The first kappa shape index (κ1) is 17.2. The highest BCUT2D eigenvalue weighted by Gasteiger charge is 2.27. The van der Waals surface area contributed by atoms with Crippen molar-refractivity contribution in [2.75, 3.05) is 5.32 Å². The van der Waals surface area contributed by atoms with E-state index in [1.54, 1.807) is 16.8 Å². The Bertz CT molecular complexity index is 1010. The van der Waals surface area contributed by atoms with Gasteiger partial charge in [0.05, 0.1) is 11.3 Å². The Morgan fingerprint density at radius 2 is 1.89 bits per heavy atom. The highest BCUT2D eigenvalue weighted by atomic mass is 16.2. The van der Waals surface area contributed by atoms with Gasteiger partial charge in [0, 0.05) is 29.2 Å². The molecule has 5 N–H and O–H groups in total. The van der Waals surface area contributed by atoms with Gasteiger partial charge in [-0.2, -0.15) is 5.10 Å². The highest BCUT2D eigenvalue weighted by Crippen LogP contribution is 2.26. The quantitative estimate of drug-likeness (QED) is 0.659. The molecule has 0 spiro atoms. The molecule has 138 valence electrons. The molecule has 0 bridgehead atoms. The van der Waals surface area contributed by atoms with Gasteiger partial charge in [-0.25, -0.2) is 4.68 Å². The van der Waals surface area contributed by atoms with E-state index in [9.17, 15) is 9.59 Å². The Balaban J connectivity index is 1.54. The average molecular weight is 363 g/mol. The normalized spacial score (nSPS) is 19.3. The van der Waals surface area contributed by atoms with E-state index in [2.05, 4.69) is 10.4 Å². The van der Waals surface area contributed by atoms with Gasteiger partial charge >= 0.3 is 0 Å². The summed E-state index contributed by atoms with van der Waals surface area (Å²) >= 11 is 0. The SMILES string of the molecule is NC(=O)c1cccc2cn(-c3ccc(NC(=O)[C@H]4CC[C@@H](N)C4)cc3)nc12. The van der Waals surface area contributed by atoms with E-state index >= 15 is 0 Å². The summed E-state index contributed by atoms with van der Waals surface area (Å²) < 4.78 is 1.69. The Labute approximate surface area is 156 Å². The third-order valence-electron chi connectivity index (χ3n) is 5.05. The monoisotopic (exact) mass is 363 g/mol. The molecular formula is C20H21N5O2. The van der Waals surface area contributed by atoms with E-state index in [-0.39, 0.29) is 17.9 Å². The van der Waals surface area contributed by atoms with Crippen molar-refractivity contribution >= 4 is 28.4 Å². The third kappa shape index (κ3) is 3.41. The number of primary amides is 1. The van der Waals surface area contributed by atoms with Gasteiger partial charge in [0.25, 0.3) is 5.91 Å². The number of aromatic nitrogens is 2. The Morgan fingerprint density at radius 1 is 1.11 bits per heavy atom. The Hall–Kier alpha value is -3.19. The number of carbonyl (C=O) groups excluding carboxylic acids is 2. The van der Waals surface area contributed by atoms with Gasteiger partial charge in [-0.05, 0) is 49.6 Å². The minimum absolute atomic E-state index is 0.0108. The maximum Gasteiger partial charge on any atom is 0.250 e. The van der Waals surface area contributed by atoms with Crippen LogP contribution >= 0.6 is 0 Å². The topological polar surface area (TPSA) is 116 Å². The average Bonchev–Trinajstić information content (AvgIpc) is 3.28. The minimum atomic E-state index is -0.504. The van der Waals surface area contributed by atoms with Crippen LogP contribution in [0.4, 0.5) is 5.69 Å². The lowest BCUT2D eigenvalue weighted by Crippen LogP contribution is -2.23. The zero-order valence-electron chi connectivity index (χ0n) is 14.8. The van der Waals surface area contributed by atoms with Crippen LogP contribution in [0.15, 0.2) is 48.7 Å². The summed E-state index contributed by atoms with van der Waals surface area (Å²) in [6.07, 6.45) is 4.32. The lowest BCUT2D eigenvalue weighted by molar-refractivity contribution is -0.119. The van der Waals surface area contributed by atoms with Crippen LogP contribution in [0, 0.1) is 5.92 Å². The fourth-order valence-corrected chi connectivity index (χ4v) is 3.57. The molecule has 4 rings (SSSR count). The van der Waals surface area contributed by atoms with Crippen LogP contribution in [0.2, 0.25) is 0 Å². The molecule has 0 aliphatic heterocycles. The van der Waals surface area contributed by atoms with Crippen molar-refractivity contribution in [3.8, 4) is 5.69 Å². The van der Waals surface area contributed by atoms with E-state index in [1.807, 2.05) is 36.5 Å².